The maximum absolute atomic E-state index is 9.37. The molecule has 3 nitrogen and oxygen atoms in total. The normalized spacial score (nSPS) is 27.8. The molecule has 2 heterocycles. The third-order valence-electron chi connectivity index (χ3n) is 2.14. The lowest BCUT2D eigenvalue weighted by Gasteiger charge is -2.32. The van der Waals surface area contributed by atoms with Crippen molar-refractivity contribution >= 4 is 5.84 Å². The van der Waals surface area contributed by atoms with E-state index in [1.165, 1.54) is 0 Å². The van der Waals surface area contributed by atoms with Gasteiger partial charge in [0.2, 0.25) is 0 Å². The van der Waals surface area contributed by atoms with E-state index >= 15 is 0 Å². The number of nitrogens with zero attached hydrogens (tertiary/aromatic N) is 2. The van der Waals surface area contributed by atoms with Crippen LogP contribution in [0.3, 0.4) is 0 Å². The van der Waals surface area contributed by atoms with Crippen molar-refractivity contribution in [3.8, 4) is 0 Å². The van der Waals surface area contributed by atoms with E-state index in [-0.39, 0.29) is 6.10 Å². The quantitative estimate of drug-likeness (QED) is 0.567. The minimum Gasteiger partial charge on any atom is -0.389 e. The summed E-state index contributed by atoms with van der Waals surface area (Å²) in [5.41, 5.74) is 1.15. The van der Waals surface area contributed by atoms with Crippen LogP contribution < -0.4 is 0 Å². The molecular formula is C9H12N2O. The molecule has 0 aromatic carbocycles. The van der Waals surface area contributed by atoms with Crippen LogP contribution in [0.4, 0.5) is 0 Å². The van der Waals surface area contributed by atoms with Crippen molar-refractivity contribution in [1.82, 2.24) is 4.90 Å². The summed E-state index contributed by atoms with van der Waals surface area (Å²) in [5.74, 6) is 0.973. The molecule has 0 fully saturated rings. The first-order chi connectivity index (χ1) is 5.77. The Morgan fingerprint density at radius 2 is 2.50 bits per heavy atom. The average molecular weight is 164 g/mol. The van der Waals surface area contributed by atoms with Gasteiger partial charge in [0, 0.05) is 5.70 Å². The molecule has 3 heteroatoms. The van der Waals surface area contributed by atoms with Crippen LogP contribution in [0, 0.1) is 0 Å². The number of aliphatic hydroxyl groups excluding tert-OH is 1. The first-order valence-corrected chi connectivity index (χ1v) is 4.12. The van der Waals surface area contributed by atoms with Crippen LogP contribution in [0.25, 0.3) is 0 Å². The Hall–Kier alpha value is -1.09. The largest absolute Gasteiger partial charge is 0.389 e. The molecule has 2 rings (SSSR count). The highest BCUT2D eigenvalue weighted by atomic mass is 16.3. The summed E-state index contributed by atoms with van der Waals surface area (Å²) in [6, 6.07) is 0. The van der Waals surface area contributed by atoms with Gasteiger partial charge in [0.1, 0.15) is 5.84 Å². The van der Waals surface area contributed by atoms with Crippen molar-refractivity contribution in [3.05, 3.63) is 23.9 Å². The van der Waals surface area contributed by atoms with Gasteiger partial charge in [0.05, 0.1) is 19.2 Å². The number of rotatable bonds is 0. The zero-order valence-corrected chi connectivity index (χ0v) is 7.07. The summed E-state index contributed by atoms with van der Waals surface area (Å²) < 4.78 is 0. The van der Waals surface area contributed by atoms with Gasteiger partial charge >= 0.3 is 0 Å². The molecular weight excluding hydrogens is 152 g/mol. The minimum absolute atomic E-state index is 0.316. The molecule has 0 saturated carbocycles. The van der Waals surface area contributed by atoms with Crippen LogP contribution in [-0.2, 0) is 0 Å². The van der Waals surface area contributed by atoms with Crippen LogP contribution in [0.1, 0.15) is 6.92 Å². The van der Waals surface area contributed by atoms with Crippen LogP contribution in [0.15, 0.2) is 28.9 Å². The zero-order valence-electron chi connectivity index (χ0n) is 7.07. The number of allylic oxidation sites excluding steroid dienone is 3. The molecule has 1 N–H and O–H groups in total. The lowest BCUT2D eigenvalue weighted by atomic mass is 10.2. The van der Waals surface area contributed by atoms with Gasteiger partial charge in [-0.3, -0.25) is 4.99 Å². The van der Waals surface area contributed by atoms with E-state index in [4.69, 9.17) is 0 Å². The summed E-state index contributed by atoms with van der Waals surface area (Å²) in [4.78, 5) is 6.28. The van der Waals surface area contributed by atoms with Gasteiger partial charge in [0.25, 0.3) is 0 Å². The molecule has 12 heavy (non-hydrogen) atoms. The summed E-state index contributed by atoms with van der Waals surface area (Å²) in [7, 11) is 0. The maximum Gasteiger partial charge on any atom is 0.127 e. The highest BCUT2D eigenvalue weighted by Crippen LogP contribution is 2.15. The summed E-state index contributed by atoms with van der Waals surface area (Å²) in [5, 5.41) is 9.37. The van der Waals surface area contributed by atoms with Crippen molar-refractivity contribution < 1.29 is 5.11 Å². The van der Waals surface area contributed by atoms with Crippen molar-refractivity contribution in [1.29, 1.82) is 0 Å². The lowest BCUT2D eigenvalue weighted by molar-refractivity contribution is 0.151. The zero-order chi connectivity index (χ0) is 8.55. The fourth-order valence-electron chi connectivity index (χ4n) is 1.48. The monoisotopic (exact) mass is 164 g/mol. The van der Waals surface area contributed by atoms with Gasteiger partial charge in [-0.25, -0.2) is 0 Å². The molecule has 0 spiro atoms. The van der Waals surface area contributed by atoms with Crippen LogP contribution in [-0.4, -0.2) is 35.0 Å². The van der Waals surface area contributed by atoms with Crippen molar-refractivity contribution in [2.24, 2.45) is 4.99 Å². The molecule has 64 valence electrons. The van der Waals surface area contributed by atoms with E-state index in [0.717, 1.165) is 11.5 Å². The van der Waals surface area contributed by atoms with Crippen LogP contribution >= 0.6 is 0 Å². The number of aliphatic imine (C=N–C) groups is 1. The Kier molecular flexibility index (Phi) is 1.73. The van der Waals surface area contributed by atoms with E-state index in [1.54, 1.807) is 0 Å². The first-order valence-electron chi connectivity index (χ1n) is 4.12. The first kappa shape index (κ1) is 7.55. The topological polar surface area (TPSA) is 35.8 Å². The SMILES string of the molecule is CC1=CC=CC2=NCC(O)CN12. The number of fused-ring (bicyclic) bond motifs is 1. The van der Waals surface area contributed by atoms with Crippen molar-refractivity contribution in [3.63, 3.8) is 0 Å². The lowest BCUT2D eigenvalue weighted by Crippen LogP contribution is -2.41. The molecule has 0 aliphatic carbocycles. The van der Waals surface area contributed by atoms with Gasteiger partial charge in [-0.2, -0.15) is 0 Å². The summed E-state index contributed by atoms with van der Waals surface area (Å²) in [6.07, 6.45) is 5.67. The predicted molar refractivity (Wildman–Crippen MR) is 47.9 cm³/mol. The van der Waals surface area contributed by atoms with Gasteiger partial charge in [-0.05, 0) is 19.1 Å². The molecule has 0 amide bonds. The predicted octanol–water partition coefficient (Wildman–Crippen LogP) is 0.535. The Balaban J connectivity index is 2.29. The van der Waals surface area contributed by atoms with Gasteiger partial charge in [-0.15, -0.1) is 0 Å². The molecule has 1 atom stereocenters. The molecule has 0 radical (unpaired) electrons. The fourth-order valence-corrected chi connectivity index (χ4v) is 1.48. The Labute approximate surface area is 71.7 Å². The standard InChI is InChI=1S/C9H12N2O/c1-7-3-2-4-9-10-5-8(12)6-11(7)9/h2-4,8,12H,5-6H2,1H3. The average Bonchev–Trinajstić information content (AvgIpc) is 2.07. The van der Waals surface area contributed by atoms with E-state index in [1.807, 2.05) is 30.1 Å². The van der Waals surface area contributed by atoms with Crippen LogP contribution in [0.2, 0.25) is 0 Å². The van der Waals surface area contributed by atoms with Crippen molar-refractivity contribution in [2.75, 3.05) is 13.1 Å². The highest BCUT2D eigenvalue weighted by molar-refractivity contribution is 5.96. The molecule has 2 aliphatic heterocycles. The van der Waals surface area contributed by atoms with Gasteiger partial charge < -0.3 is 10.0 Å². The molecule has 1 unspecified atom stereocenters. The molecule has 0 aromatic heterocycles. The van der Waals surface area contributed by atoms with Crippen molar-refractivity contribution in [2.45, 2.75) is 13.0 Å². The van der Waals surface area contributed by atoms with E-state index < -0.39 is 0 Å². The number of aliphatic hydroxyl groups is 1. The second kappa shape index (κ2) is 2.75. The second-order valence-electron chi connectivity index (χ2n) is 3.13. The molecule has 0 saturated heterocycles. The van der Waals surface area contributed by atoms with Gasteiger partial charge in [0.15, 0.2) is 0 Å². The Morgan fingerprint density at radius 3 is 3.33 bits per heavy atom. The smallest absolute Gasteiger partial charge is 0.127 e. The maximum atomic E-state index is 9.37. The highest BCUT2D eigenvalue weighted by Gasteiger charge is 2.21. The Morgan fingerprint density at radius 1 is 1.67 bits per heavy atom. The fraction of sp³-hybridized carbons (Fsp3) is 0.444. The molecule has 0 bridgehead atoms. The molecule has 2 aliphatic rings. The van der Waals surface area contributed by atoms with E-state index in [0.29, 0.717) is 13.1 Å². The van der Waals surface area contributed by atoms with Crippen LogP contribution in [0.5, 0.6) is 0 Å². The third kappa shape index (κ3) is 1.16. The summed E-state index contributed by atoms with van der Waals surface area (Å²) in [6.45, 7) is 3.23. The van der Waals surface area contributed by atoms with Gasteiger partial charge in [-0.1, -0.05) is 6.08 Å². The second-order valence-corrected chi connectivity index (χ2v) is 3.13. The Bertz CT molecular complexity index is 278. The number of hydrogen-bond acceptors (Lipinski definition) is 3. The number of amidine groups is 1. The molecule has 0 aromatic rings. The van der Waals surface area contributed by atoms with E-state index in [2.05, 4.69) is 4.99 Å². The minimum atomic E-state index is -0.316. The number of hydrogen-bond donors (Lipinski definition) is 1. The summed E-state index contributed by atoms with van der Waals surface area (Å²) >= 11 is 0. The van der Waals surface area contributed by atoms with E-state index in [9.17, 15) is 5.11 Å². The third-order valence-corrected chi connectivity index (χ3v) is 2.14.